The minimum atomic E-state index is -3.47. The number of benzene rings is 1. The molecule has 1 heterocycles. The number of halogens is 1. The summed E-state index contributed by atoms with van der Waals surface area (Å²) in [4.78, 5) is 0.294. The van der Waals surface area contributed by atoms with Gasteiger partial charge in [-0.1, -0.05) is 23.8 Å². The Labute approximate surface area is 122 Å². The Balaban J connectivity index is 2.14. The normalized spacial score (nSPS) is 16.2. The second kappa shape index (κ2) is 6.17. The van der Waals surface area contributed by atoms with Crippen molar-refractivity contribution in [1.29, 1.82) is 0 Å². The highest BCUT2D eigenvalue weighted by atomic mass is 79.9. The SMILES string of the molecule is Cc1cccc(S(=O)(=O)NCC2=CCNCC2)c1Br. The molecule has 2 rings (SSSR count). The van der Waals surface area contributed by atoms with Crippen molar-refractivity contribution in [1.82, 2.24) is 10.0 Å². The van der Waals surface area contributed by atoms with Gasteiger partial charge in [-0.2, -0.15) is 0 Å². The third kappa shape index (κ3) is 3.66. The first-order valence-electron chi connectivity index (χ1n) is 6.14. The van der Waals surface area contributed by atoms with E-state index in [-0.39, 0.29) is 0 Å². The van der Waals surface area contributed by atoms with E-state index in [2.05, 4.69) is 26.0 Å². The average Bonchev–Trinajstić information content (AvgIpc) is 2.41. The highest BCUT2D eigenvalue weighted by Crippen LogP contribution is 2.25. The molecule has 0 atom stereocenters. The van der Waals surface area contributed by atoms with Crippen LogP contribution in [0.4, 0.5) is 0 Å². The van der Waals surface area contributed by atoms with E-state index in [0.717, 1.165) is 30.6 Å². The van der Waals surface area contributed by atoms with Gasteiger partial charge < -0.3 is 5.32 Å². The molecule has 0 aliphatic carbocycles. The Morgan fingerprint density at radius 1 is 1.42 bits per heavy atom. The van der Waals surface area contributed by atoms with Crippen molar-refractivity contribution in [2.45, 2.75) is 18.2 Å². The third-order valence-electron chi connectivity index (χ3n) is 3.09. The second-order valence-electron chi connectivity index (χ2n) is 4.53. The van der Waals surface area contributed by atoms with Crippen molar-refractivity contribution in [2.75, 3.05) is 19.6 Å². The van der Waals surface area contributed by atoms with Crippen LogP contribution in [0.15, 0.2) is 39.2 Å². The van der Waals surface area contributed by atoms with Gasteiger partial charge in [0.2, 0.25) is 10.0 Å². The van der Waals surface area contributed by atoms with E-state index >= 15 is 0 Å². The molecular formula is C13H17BrN2O2S. The molecule has 0 bridgehead atoms. The average molecular weight is 345 g/mol. The number of rotatable bonds is 4. The minimum Gasteiger partial charge on any atom is -0.313 e. The third-order valence-corrected chi connectivity index (χ3v) is 5.85. The summed E-state index contributed by atoms with van der Waals surface area (Å²) in [5, 5.41) is 3.20. The van der Waals surface area contributed by atoms with E-state index in [4.69, 9.17) is 0 Å². The summed E-state index contributed by atoms with van der Waals surface area (Å²) in [7, 11) is -3.47. The van der Waals surface area contributed by atoms with Crippen molar-refractivity contribution in [3.8, 4) is 0 Å². The lowest BCUT2D eigenvalue weighted by molar-refractivity contribution is 0.581. The van der Waals surface area contributed by atoms with Crippen LogP contribution in [0.25, 0.3) is 0 Å². The molecule has 0 aromatic heterocycles. The van der Waals surface area contributed by atoms with Gasteiger partial charge in [-0.05, 0) is 47.4 Å². The topological polar surface area (TPSA) is 58.2 Å². The first kappa shape index (κ1) is 14.7. The molecule has 0 amide bonds. The lowest BCUT2D eigenvalue weighted by Gasteiger charge is -2.15. The van der Waals surface area contributed by atoms with Gasteiger partial charge in [0.15, 0.2) is 0 Å². The first-order valence-corrected chi connectivity index (χ1v) is 8.42. The van der Waals surface area contributed by atoms with Gasteiger partial charge in [-0.3, -0.25) is 0 Å². The van der Waals surface area contributed by atoms with Crippen LogP contribution in [0.2, 0.25) is 0 Å². The number of nitrogens with one attached hydrogen (secondary N) is 2. The Hall–Kier alpha value is -0.690. The van der Waals surface area contributed by atoms with E-state index in [1.807, 2.05) is 19.1 Å². The van der Waals surface area contributed by atoms with E-state index in [9.17, 15) is 8.42 Å². The molecule has 0 saturated heterocycles. The van der Waals surface area contributed by atoms with Crippen LogP contribution in [0.5, 0.6) is 0 Å². The quantitative estimate of drug-likeness (QED) is 0.821. The Morgan fingerprint density at radius 3 is 2.89 bits per heavy atom. The highest BCUT2D eigenvalue weighted by Gasteiger charge is 2.18. The summed E-state index contributed by atoms with van der Waals surface area (Å²) < 4.78 is 27.8. The van der Waals surface area contributed by atoms with Gasteiger partial charge in [-0.15, -0.1) is 0 Å². The zero-order valence-electron chi connectivity index (χ0n) is 10.7. The molecule has 19 heavy (non-hydrogen) atoms. The summed E-state index contributed by atoms with van der Waals surface area (Å²) in [6.45, 7) is 3.97. The van der Waals surface area contributed by atoms with Crippen molar-refractivity contribution in [2.24, 2.45) is 0 Å². The molecule has 6 heteroatoms. The van der Waals surface area contributed by atoms with Crippen LogP contribution in [0, 0.1) is 6.92 Å². The predicted octanol–water partition coefficient (Wildman–Crippen LogP) is 1.96. The zero-order chi connectivity index (χ0) is 13.9. The number of sulfonamides is 1. The molecule has 1 aromatic carbocycles. The maximum Gasteiger partial charge on any atom is 0.241 e. The fourth-order valence-corrected chi connectivity index (χ4v) is 4.01. The van der Waals surface area contributed by atoms with Gasteiger partial charge in [0, 0.05) is 17.6 Å². The van der Waals surface area contributed by atoms with Crippen LogP contribution in [0.3, 0.4) is 0 Å². The summed E-state index contributed by atoms with van der Waals surface area (Å²) in [6, 6.07) is 5.23. The molecule has 104 valence electrons. The summed E-state index contributed by atoms with van der Waals surface area (Å²) >= 11 is 3.34. The van der Waals surface area contributed by atoms with Gasteiger partial charge in [-0.25, -0.2) is 13.1 Å². The van der Waals surface area contributed by atoms with E-state index in [1.54, 1.807) is 12.1 Å². The summed E-state index contributed by atoms with van der Waals surface area (Å²) in [6.07, 6.45) is 2.93. The Morgan fingerprint density at radius 2 is 2.21 bits per heavy atom. The summed E-state index contributed by atoms with van der Waals surface area (Å²) in [5.41, 5.74) is 2.04. The lowest BCUT2D eigenvalue weighted by Crippen LogP contribution is -2.30. The van der Waals surface area contributed by atoms with Gasteiger partial charge in [0.05, 0.1) is 4.90 Å². The summed E-state index contributed by atoms with van der Waals surface area (Å²) in [5.74, 6) is 0. The van der Waals surface area contributed by atoms with Gasteiger partial charge >= 0.3 is 0 Å². The van der Waals surface area contributed by atoms with Crippen LogP contribution < -0.4 is 10.0 Å². The lowest BCUT2D eigenvalue weighted by atomic mass is 10.1. The fourth-order valence-electron chi connectivity index (χ4n) is 1.92. The monoisotopic (exact) mass is 344 g/mol. The van der Waals surface area contributed by atoms with Crippen molar-refractivity contribution in [3.63, 3.8) is 0 Å². The van der Waals surface area contributed by atoms with E-state index in [1.165, 1.54) is 0 Å². The minimum absolute atomic E-state index is 0.294. The molecule has 0 unspecified atom stereocenters. The Kier molecular flexibility index (Phi) is 4.78. The molecule has 1 aliphatic rings. The Bertz CT molecular complexity index is 597. The largest absolute Gasteiger partial charge is 0.313 e. The van der Waals surface area contributed by atoms with E-state index < -0.39 is 10.0 Å². The second-order valence-corrected chi connectivity index (χ2v) is 7.06. The van der Waals surface area contributed by atoms with Crippen LogP contribution in [0.1, 0.15) is 12.0 Å². The molecular weight excluding hydrogens is 328 g/mol. The van der Waals surface area contributed by atoms with Crippen molar-refractivity contribution in [3.05, 3.63) is 39.9 Å². The first-order chi connectivity index (χ1) is 9.00. The number of aryl methyl sites for hydroxylation is 1. The van der Waals surface area contributed by atoms with Gasteiger partial charge in [0.25, 0.3) is 0 Å². The number of hydrogen-bond acceptors (Lipinski definition) is 3. The number of hydrogen-bond donors (Lipinski definition) is 2. The molecule has 1 aromatic rings. The fraction of sp³-hybridized carbons (Fsp3) is 0.385. The maximum absolute atomic E-state index is 12.3. The van der Waals surface area contributed by atoms with Gasteiger partial charge in [0.1, 0.15) is 0 Å². The van der Waals surface area contributed by atoms with Crippen LogP contribution in [-0.4, -0.2) is 28.1 Å². The molecule has 0 spiro atoms. The zero-order valence-corrected chi connectivity index (χ0v) is 13.1. The molecule has 0 radical (unpaired) electrons. The molecule has 0 saturated carbocycles. The molecule has 0 fully saturated rings. The van der Waals surface area contributed by atoms with Crippen molar-refractivity contribution < 1.29 is 8.42 Å². The van der Waals surface area contributed by atoms with Crippen molar-refractivity contribution >= 4 is 26.0 Å². The van der Waals surface area contributed by atoms with E-state index in [0.29, 0.717) is 15.9 Å². The molecule has 2 N–H and O–H groups in total. The highest BCUT2D eigenvalue weighted by molar-refractivity contribution is 9.10. The van der Waals surface area contributed by atoms with Crippen LogP contribution >= 0.6 is 15.9 Å². The predicted molar refractivity (Wildman–Crippen MR) is 79.6 cm³/mol. The molecule has 1 aliphatic heterocycles. The van der Waals surface area contributed by atoms with Crippen LogP contribution in [-0.2, 0) is 10.0 Å². The molecule has 4 nitrogen and oxygen atoms in total. The smallest absolute Gasteiger partial charge is 0.241 e. The standard InChI is InChI=1S/C13H17BrN2O2S/c1-10-3-2-4-12(13(10)14)19(17,18)16-9-11-5-7-15-8-6-11/h2-5,15-16H,6-9H2,1H3. The maximum atomic E-state index is 12.3.